The number of methoxy groups -OCH3 is 2. The lowest BCUT2D eigenvalue weighted by Gasteiger charge is -2.31. The molecule has 2 aromatic heterocycles. The molecule has 3 aromatic rings. The SMILES string of the molecule is COC1=C(Cl)C(c2cc3cnc(SC)nc3c(NCc3cccc(N)c3)n2)=C(Cl)C(OC)C1C. The Morgan fingerprint density at radius 2 is 1.97 bits per heavy atom. The van der Waals surface area contributed by atoms with Crippen molar-refractivity contribution in [3.05, 3.63) is 63.6 Å². The summed E-state index contributed by atoms with van der Waals surface area (Å²) in [6.45, 7) is 2.46. The molecule has 0 aliphatic heterocycles. The fourth-order valence-corrected chi connectivity index (χ4v) is 5.31. The average molecular weight is 518 g/mol. The Bertz CT molecular complexity index is 1300. The summed E-state index contributed by atoms with van der Waals surface area (Å²) in [4.78, 5) is 14.0. The zero-order chi connectivity index (χ0) is 24.4. The van der Waals surface area contributed by atoms with Crippen molar-refractivity contribution in [1.82, 2.24) is 15.0 Å². The second-order valence-electron chi connectivity index (χ2n) is 7.80. The number of hydrogen-bond acceptors (Lipinski definition) is 8. The number of pyridine rings is 1. The van der Waals surface area contributed by atoms with E-state index in [-0.39, 0.29) is 5.92 Å². The molecule has 0 radical (unpaired) electrons. The largest absolute Gasteiger partial charge is 0.499 e. The first-order valence-corrected chi connectivity index (χ1v) is 12.5. The lowest BCUT2D eigenvalue weighted by atomic mass is 9.91. The number of aromatic nitrogens is 3. The number of halogens is 2. The summed E-state index contributed by atoms with van der Waals surface area (Å²) < 4.78 is 11.3. The van der Waals surface area contributed by atoms with Crippen LogP contribution in [0.2, 0.25) is 0 Å². The number of benzene rings is 1. The lowest BCUT2D eigenvalue weighted by Crippen LogP contribution is -2.28. The number of nitrogen functional groups attached to an aromatic ring is 1. The van der Waals surface area contributed by atoms with Crippen molar-refractivity contribution in [2.75, 3.05) is 31.5 Å². The van der Waals surface area contributed by atoms with E-state index in [1.165, 1.54) is 11.8 Å². The van der Waals surface area contributed by atoms with Crippen molar-refractivity contribution in [2.24, 2.45) is 5.92 Å². The van der Waals surface area contributed by atoms with Gasteiger partial charge in [-0.1, -0.05) is 54.0 Å². The van der Waals surface area contributed by atoms with Gasteiger partial charge in [0.1, 0.15) is 17.4 Å². The minimum absolute atomic E-state index is 0.146. The Balaban J connectivity index is 1.86. The number of fused-ring (bicyclic) bond motifs is 1. The van der Waals surface area contributed by atoms with Gasteiger partial charge in [0, 0.05) is 42.4 Å². The van der Waals surface area contributed by atoms with E-state index in [1.54, 1.807) is 20.4 Å². The van der Waals surface area contributed by atoms with Crippen molar-refractivity contribution in [3.63, 3.8) is 0 Å². The van der Waals surface area contributed by atoms with Crippen LogP contribution in [0.25, 0.3) is 16.5 Å². The minimum Gasteiger partial charge on any atom is -0.499 e. The normalized spacial score (nSPS) is 18.5. The number of nitrogens with two attached hydrogens (primary N) is 1. The summed E-state index contributed by atoms with van der Waals surface area (Å²) in [6.07, 6.45) is 3.29. The quantitative estimate of drug-likeness (QED) is 0.235. The van der Waals surface area contributed by atoms with Gasteiger partial charge in [-0.25, -0.2) is 15.0 Å². The maximum atomic E-state index is 6.81. The molecule has 0 saturated heterocycles. The summed E-state index contributed by atoms with van der Waals surface area (Å²) in [5, 5.41) is 5.72. The topological polar surface area (TPSA) is 95.2 Å². The molecule has 2 heterocycles. The zero-order valence-electron chi connectivity index (χ0n) is 19.2. The van der Waals surface area contributed by atoms with Gasteiger partial charge in [-0.2, -0.15) is 0 Å². The predicted molar refractivity (Wildman–Crippen MR) is 140 cm³/mol. The van der Waals surface area contributed by atoms with Gasteiger partial charge < -0.3 is 20.5 Å². The molecule has 4 rings (SSSR count). The number of allylic oxidation sites excluding steroid dienone is 2. The minimum atomic E-state index is -0.412. The predicted octanol–water partition coefficient (Wildman–Crippen LogP) is 5.65. The highest BCUT2D eigenvalue weighted by molar-refractivity contribution is 7.98. The first kappa shape index (κ1) is 24.6. The molecule has 1 aliphatic rings. The third kappa shape index (κ3) is 4.68. The monoisotopic (exact) mass is 517 g/mol. The zero-order valence-corrected chi connectivity index (χ0v) is 21.6. The van der Waals surface area contributed by atoms with Crippen LogP contribution in [0, 0.1) is 5.92 Å². The molecule has 0 bridgehead atoms. The van der Waals surface area contributed by atoms with Gasteiger partial charge >= 0.3 is 0 Å². The molecule has 7 nitrogen and oxygen atoms in total. The Morgan fingerprint density at radius 3 is 2.65 bits per heavy atom. The van der Waals surface area contributed by atoms with E-state index < -0.39 is 6.10 Å². The van der Waals surface area contributed by atoms with Crippen LogP contribution in [0.15, 0.2) is 57.5 Å². The summed E-state index contributed by atoms with van der Waals surface area (Å²) in [5.74, 6) is 1.03. The molecule has 1 aliphatic carbocycles. The van der Waals surface area contributed by atoms with Gasteiger partial charge in [0.15, 0.2) is 11.0 Å². The second-order valence-corrected chi connectivity index (χ2v) is 9.36. The Kier molecular flexibility index (Phi) is 7.52. The van der Waals surface area contributed by atoms with Crippen molar-refractivity contribution in [1.29, 1.82) is 0 Å². The number of ether oxygens (including phenoxy) is 2. The third-order valence-corrected chi connectivity index (χ3v) is 7.00. The van der Waals surface area contributed by atoms with E-state index in [1.807, 2.05) is 43.5 Å². The van der Waals surface area contributed by atoms with Crippen LogP contribution in [0.5, 0.6) is 0 Å². The lowest BCUT2D eigenvalue weighted by molar-refractivity contribution is 0.0790. The van der Waals surface area contributed by atoms with Crippen LogP contribution >= 0.6 is 35.0 Å². The molecule has 2 atom stereocenters. The first-order chi connectivity index (χ1) is 16.4. The molecule has 0 fully saturated rings. The van der Waals surface area contributed by atoms with Gasteiger partial charge in [0.25, 0.3) is 0 Å². The number of nitrogens with one attached hydrogen (secondary N) is 1. The average Bonchev–Trinajstić information content (AvgIpc) is 2.83. The van der Waals surface area contributed by atoms with Gasteiger partial charge in [0.2, 0.25) is 0 Å². The Morgan fingerprint density at radius 1 is 1.18 bits per heavy atom. The van der Waals surface area contributed by atoms with Crippen LogP contribution in [-0.4, -0.2) is 41.5 Å². The highest BCUT2D eigenvalue weighted by atomic mass is 35.5. The van der Waals surface area contributed by atoms with E-state index >= 15 is 0 Å². The fourth-order valence-electron chi connectivity index (χ4n) is 4.01. The highest BCUT2D eigenvalue weighted by Gasteiger charge is 2.36. The number of anilines is 2. The smallest absolute Gasteiger partial charge is 0.187 e. The van der Waals surface area contributed by atoms with Crippen molar-refractivity contribution in [2.45, 2.75) is 24.7 Å². The van der Waals surface area contributed by atoms with Gasteiger partial charge in [-0.05, 0) is 30.0 Å². The number of rotatable bonds is 7. The molecule has 2 unspecified atom stereocenters. The maximum absolute atomic E-state index is 6.81. The van der Waals surface area contributed by atoms with Crippen LogP contribution in [0.3, 0.4) is 0 Å². The van der Waals surface area contributed by atoms with E-state index in [0.29, 0.717) is 55.8 Å². The maximum Gasteiger partial charge on any atom is 0.187 e. The number of thioether (sulfide) groups is 1. The van der Waals surface area contributed by atoms with Crippen molar-refractivity contribution < 1.29 is 9.47 Å². The summed E-state index contributed by atoms with van der Waals surface area (Å²) in [5.41, 5.74) is 9.48. The van der Waals surface area contributed by atoms with E-state index in [0.717, 1.165) is 10.9 Å². The van der Waals surface area contributed by atoms with Crippen molar-refractivity contribution in [3.8, 4) is 0 Å². The molecular weight excluding hydrogens is 493 g/mol. The number of hydrogen-bond donors (Lipinski definition) is 2. The van der Waals surface area contributed by atoms with E-state index in [2.05, 4.69) is 15.3 Å². The molecule has 0 saturated carbocycles. The van der Waals surface area contributed by atoms with Crippen LogP contribution in [-0.2, 0) is 16.0 Å². The molecule has 34 heavy (non-hydrogen) atoms. The Hall–Kier alpha value is -2.52. The first-order valence-electron chi connectivity index (χ1n) is 10.5. The fraction of sp³-hybridized carbons (Fsp3) is 0.292. The molecule has 3 N–H and O–H groups in total. The summed E-state index contributed by atoms with van der Waals surface area (Å²) >= 11 is 15.1. The Labute approximate surface area is 212 Å². The van der Waals surface area contributed by atoms with Crippen molar-refractivity contribution >= 4 is 62.9 Å². The summed E-state index contributed by atoms with van der Waals surface area (Å²) in [6, 6.07) is 9.55. The van der Waals surface area contributed by atoms with Crippen LogP contribution in [0.1, 0.15) is 18.2 Å². The standard InChI is InChI=1S/C24H25Cl2N5O2S/c1-12-21(32-2)18(25)17(19(26)22(12)33-3)16-9-14-11-29-24(34-4)31-20(14)23(30-16)28-10-13-6-5-7-15(27)8-13/h5-9,11-12,21H,10,27H2,1-4H3,(H,28,30). The van der Waals surface area contributed by atoms with E-state index in [9.17, 15) is 0 Å². The molecule has 1 aromatic carbocycles. The third-order valence-electron chi connectivity index (χ3n) is 5.66. The van der Waals surface area contributed by atoms with Gasteiger partial charge in [-0.3, -0.25) is 0 Å². The second kappa shape index (κ2) is 10.4. The van der Waals surface area contributed by atoms with Gasteiger partial charge in [0.05, 0.1) is 22.9 Å². The number of nitrogens with zero attached hydrogens (tertiary/aromatic N) is 3. The summed E-state index contributed by atoms with van der Waals surface area (Å²) in [7, 11) is 3.19. The van der Waals surface area contributed by atoms with Crippen LogP contribution in [0.4, 0.5) is 11.5 Å². The van der Waals surface area contributed by atoms with Crippen LogP contribution < -0.4 is 11.1 Å². The van der Waals surface area contributed by atoms with Gasteiger partial charge in [-0.15, -0.1) is 0 Å². The molecule has 0 amide bonds. The van der Waals surface area contributed by atoms with E-state index in [4.69, 9.17) is 43.4 Å². The highest BCUT2D eigenvalue weighted by Crippen LogP contribution is 2.45. The molecule has 178 valence electrons. The molecular formula is C24H25Cl2N5O2S. The molecule has 0 spiro atoms. The molecule has 10 heteroatoms.